The van der Waals surface area contributed by atoms with Crippen LogP contribution in [0.25, 0.3) is 11.4 Å². The molecule has 0 bridgehead atoms. The summed E-state index contributed by atoms with van der Waals surface area (Å²) < 4.78 is 18.0. The zero-order valence-electron chi connectivity index (χ0n) is 11.2. The van der Waals surface area contributed by atoms with E-state index in [1.807, 2.05) is 4.90 Å². The van der Waals surface area contributed by atoms with Gasteiger partial charge in [-0.1, -0.05) is 5.16 Å². The molecule has 6 nitrogen and oxygen atoms in total. The monoisotopic (exact) mass is 291 g/mol. The Bertz CT molecular complexity index is 641. The minimum atomic E-state index is -0.828. The number of carboxylic acid groups (broad SMARTS) is 1. The Labute approximate surface area is 120 Å². The molecule has 0 spiro atoms. The lowest BCUT2D eigenvalue weighted by atomic mass is 10.2. The van der Waals surface area contributed by atoms with Crippen LogP contribution >= 0.6 is 0 Å². The number of hydrogen-bond donors (Lipinski definition) is 1. The predicted octanol–water partition coefficient (Wildman–Crippen LogP) is 1.92. The molecule has 2 aromatic rings. The van der Waals surface area contributed by atoms with Crippen LogP contribution < -0.4 is 0 Å². The van der Waals surface area contributed by atoms with Crippen molar-refractivity contribution in [3.05, 3.63) is 36.0 Å². The van der Waals surface area contributed by atoms with Crippen LogP contribution in [0.15, 0.2) is 28.8 Å². The number of halogens is 1. The van der Waals surface area contributed by atoms with E-state index in [0.717, 1.165) is 6.42 Å². The van der Waals surface area contributed by atoms with Crippen molar-refractivity contribution in [2.24, 2.45) is 0 Å². The Morgan fingerprint density at radius 3 is 2.90 bits per heavy atom. The molecular formula is C14H14FN3O3. The minimum absolute atomic E-state index is 0.311. The lowest BCUT2D eigenvalue weighted by molar-refractivity contribution is -0.142. The SMILES string of the molecule is O=C(O)[C@@H]1CCCN1Cc1nc(-c2ccc(F)cc2)no1. The van der Waals surface area contributed by atoms with Gasteiger partial charge in [0.05, 0.1) is 6.54 Å². The van der Waals surface area contributed by atoms with Crippen LogP contribution in [-0.4, -0.2) is 38.7 Å². The molecule has 21 heavy (non-hydrogen) atoms. The van der Waals surface area contributed by atoms with Crippen LogP contribution in [0, 0.1) is 5.82 Å². The van der Waals surface area contributed by atoms with Crippen LogP contribution in [0.1, 0.15) is 18.7 Å². The molecule has 0 saturated carbocycles. The van der Waals surface area contributed by atoms with Crippen molar-refractivity contribution in [2.75, 3.05) is 6.54 Å². The van der Waals surface area contributed by atoms with E-state index in [0.29, 0.717) is 36.8 Å². The van der Waals surface area contributed by atoms with Gasteiger partial charge in [-0.25, -0.2) is 4.39 Å². The lowest BCUT2D eigenvalue weighted by Crippen LogP contribution is -2.35. The summed E-state index contributed by atoms with van der Waals surface area (Å²) in [6.07, 6.45) is 1.48. The summed E-state index contributed by atoms with van der Waals surface area (Å²) in [4.78, 5) is 17.2. The van der Waals surface area contributed by atoms with Gasteiger partial charge in [-0.05, 0) is 43.7 Å². The second-order valence-electron chi connectivity index (χ2n) is 4.99. The fourth-order valence-corrected chi connectivity index (χ4v) is 2.50. The van der Waals surface area contributed by atoms with Crippen LogP contribution in [0.3, 0.4) is 0 Å². The number of hydrogen-bond acceptors (Lipinski definition) is 5. The van der Waals surface area contributed by atoms with Crippen molar-refractivity contribution in [2.45, 2.75) is 25.4 Å². The van der Waals surface area contributed by atoms with Crippen LogP contribution in [0.5, 0.6) is 0 Å². The number of benzene rings is 1. The molecule has 1 saturated heterocycles. The summed E-state index contributed by atoms with van der Waals surface area (Å²) in [6, 6.07) is 5.30. The Morgan fingerprint density at radius 2 is 2.19 bits per heavy atom. The highest BCUT2D eigenvalue weighted by atomic mass is 19.1. The van der Waals surface area contributed by atoms with E-state index in [4.69, 9.17) is 9.63 Å². The summed E-state index contributed by atoms with van der Waals surface area (Å²) in [7, 11) is 0. The average molecular weight is 291 g/mol. The molecule has 110 valence electrons. The van der Waals surface area contributed by atoms with E-state index < -0.39 is 12.0 Å². The number of carbonyl (C=O) groups is 1. The fraction of sp³-hybridized carbons (Fsp3) is 0.357. The molecule has 1 atom stereocenters. The van der Waals surface area contributed by atoms with Gasteiger partial charge in [0.15, 0.2) is 0 Å². The molecule has 0 aliphatic carbocycles. The first-order valence-corrected chi connectivity index (χ1v) is 6.69. The van der Waals surface area contributed by atoms with Crippen LogP contribution in [0.2, 0.25) is 0 Å². The summed E-state index contributed by atoms with van der Waals surface area (Å²) in [5.74, 6) is -0.423. The topological polar surface area (TPSA) is 79.5 Å². The molecule has 0 amide bonds. The number of nitrogens with zero attached hydrogens (tertiary/aromatic N) is 3. The Balaban J connectivity index is 1.73. The summed E-state index contributed by atoms with van der Waals surface area (Å²) in [5.41, 5.74) is 0.655. The van der Waals surface area contributed by atoms with E-state index in [1.165, 1.54) is 12.1 Å². The van der Waals surface area contributed by atoms with Crippen molar-refractivity contribution in [3.63, 3.8) is 0 Å². The Hall–Kier alpha value is -2.28. The van der Waals surface area contributed by atoms with E-state index in [2.05, 4.69) is 10.1 Å². The van der Waals surface area contributed by atoms with E-state index in [-0.39, 0.29) is 5.82 Å². The normalized spacial score (nSPS) is 19.0. The quantitative estimate of drug-likeness (QED) is 0.927. The van der Waals surface area contributed by atoms with Crippen LogP contribution in [0.4, 0.5) is 4.39 Å². The number of aromatic nitrogens is 2. The standard InChI is InChI=1S/C14H14FN3O3/c15-10-5-3-9(4-6-10)13-16-12(21-17-13)8-18-7-1-2-11(18)14(19)20/h3-6,11H,1-2,7-8H2,(H,19,20)/t11-/m0/s1. The number of carboxylic acids is 1. The van der Waals surface area contributed by atoms with Crippen molar-refractivity contribution >= 4 is 5.97 Å². The van der Waals surface area contributed by atoms with Crippen molar-refractivity contribution in [1.82, 2.24) is 15.0 Å². The van der Waals surface area contributed by atoms with E-state index >= 15 is 0 Å². The first kappa shape index (κ1) is 13.7. The van der Waals surface area contributed by atoms with Crippen molar-refractivity contribution in [1.29, 1.82) is 0 Å². The van der Waals surface area contributed by atoms with Gasteiger partial charge in [0.2, 0.25) is 11.7 Å². The highest BCUT2D eigenvalue weighted by Crippen LogP contribution is 2.21. The molecule has 1 fully saturated rings. The molecule has 1 aromatic carbocycles. The second-order valence-corrected chi connectivity index (χ2v) is 4.99. The highest BCUT2D eigenvalue weighted by molar-refractivity contribution is 5.73. The first-order valence-electron chi connectivity index (χ1n) is 6.69. The molecule has 7 heteroatoms. The molecule has 1 aliphatic rings. The highest BCUT2D eigenvalue weighted by Gasteiger charge is 2.31. The van der Waals surface area contributed by atoms with Gasteiger partial charge in [0.25, 0.3) is 0 Å². The molecular weight excluding hydrogens is 277 g/mol. The third kappa shape index (κ3) is 2.92. The molecule has 2 heterocycles. The van der Waals surface area contributed by atoms with Gasteiger partial charge >= 0.3 is 5.97 Å². The molecule has 1 aliphatic heterocycles. The lowest BCUT2D eigenvalue weighted by Gasteiger charge is -2.18. The number of likely N-dealkylation sites (tertiary alicyclic amines) is 1. The van der Waals surface area contributed by atoms with Gasteiger partial charge < -0.3 is 9.63 Å². The molecule has 1 N–H and O–H groups in total. The molecule has 1 aromatic heterocycles. The first-order chi connectivity index (χ1) is 10.1. The zero-order chi connectivity index (χ0) is 14.8. The minimum Gasteiger partial charge on any atom is -0.480 e. The molecule has 3 rings (SSSR count). The Kier molecular flexibility index (Phi) is 3.66. The third-order valence-corrected chi connectivity index (χ3v) is 3.56. The largest absolute Gasteiger partial charge is 0.480 e. The van der Waals surface area contributed by atoms with Crippen LogP contribution in [-0.2, 0) is 11.3 Å². The van der Waals surface area contributed by atoms with Gasteiger partial charge in [0, 0.05) is 5.56 Å². The fourth-order valence-electron chi connectivity index (χ4n) is 2.50. The smallest absolute Gasteiger partial charge is 0.320 e. The maximum absolute atomic E-state index is 12.9. The predicted molar refractivity (Wildman–Crippen MR) is 70.8 cm³/mol. The summed E-state index contributed by atoms with van der Waals surface area (Å²) >= 11 is 0. The Morgan fingerprint density at radius 1 is 1.43 bits per heavy atom. The maximum Gasteiger partial charge on any atom is 0.320 e. The van der Waals surface area contributed by atoms with Gasteiger partial charge in [0.1, 0.15) is 11.9 Å². The average Bonchev–Trinajstić information content (AvgIpc) is 3.09. The maximum atomic E-state index is 12.9. The van der Waals surface area contributed by atoms with Gasteiger partial charge in [-0.2, -0.15) is 4.98 Å². The number of rotatable bonds is 4. The van der Waals surface area contributed by atoms with E-state index in [1.54, 1.807) is 12.1 Å². The van der Waals surface area contributed by atoms with Gasteiger partial charge in [-0.15, -0.1) is 0 Å². The summed E-state index contributed by atoms with van der Waals surface area (Å²) in [6.45, 7) is 1.01. The third-order valence-electron chi connectivity index (χ3n) is 3.56. The van der Waals surface area contributed by atoms with E-state index in [9.17, 15) is 9.18 Å². The van der Waals surface area contributed by atoms with Crippen molar-refractivity contribution in [3.8, 4) is 11.4 Å². The molecule has 0 radical (unpaired) electrons. The van der Waals surface area contributed by atoms with Crippen molar-refractivity contribution < 1.29 is 18.8 Å². The second kappa shape index (κ2) is 5.61. The molecule has 0 unspecified atom stereocenters. The van der Waals surface area contributed by atoms with Gasteiger partial charge in [-0.3, -0.25) is 9.69 Å². The summed E-state index contributed by atoms with van der Waals surface area (Å²) in [5, 5.41) is 13.0. The zero-order valence-corrected chi connectivity index (χ0v) is 11.2. The number of aliphatic carboxylic acids is 1.